The van der Waals surface area contributed by atoms with Gasteiger partial charge in [-0.1, -0.05) is 6.92 Å². The summed E-state index contributed by atoms with van der Waals surface area (Å²) in [4.78, 5) is 0. The first kappa shape index (κ1) is 15.1. The molecule has 0 aromatic rings. The van der Waals surface area contributed by atoms with Gasteiger partial charge >= 0.3 is 8.80 Å². The van der Waals surface area contributed by atoms with Gasteiger partial charge in [0.05, 0.1) is 19.3 Å². The van der Waals surface area contributed by atoms with E-state index in [0.29, 0.717) is 12.7 Å². The molecule has 2 unspecified atom stereocenters. The molecule has 5 nitrogen and oxygen atoms in total. The van der Waals surface area contributed by atoms with Crippen LogP contribution in [-0.2, 0) is 22.8 Å². The van der Waals surface area contributed by atoms with Crippen LogP contribution in [0.15, 0.2) is 0 Å². The highest BCUT2D eigenvalue weighted by Gasteiger charge is 2.38. The van der Waals surface area contributed by atoms with Gasteiger partial charge in [0, 0.05) is 27.4 Å². The van der Waals surface area contributed by atoms with Gasteiger partial charge in [0.1, 0.15) is 6.10 Å². The zero-order chi connectivity index (χ0) is 12.7. The summed E-state index contributed by atoms with van der Waals surface area (Å²) in [5, 5.41) is 0. The molecule has 0 amide bonds. The number of hydrogen-bond acceptors (Lipinski definition) is 5. The van der Waals surface area contributed by atoms with E-state index in [4.69, 9.17) is 22.8 Å². The lowest BCUT2D eigenvalue weighted by Gasteiger charge is -2.26. The Morgan fingerprint density at radius 3 is 2.24 bits per heavy atom. The Balaban J connectivity index is 2.27. The predicted octanol–water partition coefficient (Wildman–Crippen LogP) is 1.45. The number of hydrogen-bond donors (Lipinski definition) is 0. The average molecular weight is 264 g/mol. The summed E-state index contributed by atoms with van der Waals surface area (Å²) in [5.41, 5.74) is 0. The van der Waals surface area contributed by atoms with Crippen molar-refractivity contribution in [3.8, 4) is 0 Å². The highest BCUT2D eigenvalue weighted by atomic mass is 28.4. The minimum Gasteiger partial charge on any atom is -0.377 e. The molecule has 17 heavy (non-hydrogen) atoms. The Hall–Kier alpha value is 0.0169. The third kappa shape index (κ3) is 5.03. The molecule has 1 rings (SSSR count). The van der Waals surface area contributed by atoms with Gasteiger partial charge in [-0.2, -0.15) is 0 Å². The minimum absolute atomic E-state index is 0.228. The van der Waals surface area contributed by atoms with E-state index >= 15 is 0 Å². The van der Waals surface area contributed by atoms with E-state index in [1.807, 2.05) is 0 Å². The summed E-state index contributed by atoms with van der Waals surface area (Å²) in [7, 11) is 2.47. The fraction of sp³-hybridized carbons (Fsp3) is 1.00. The molecule has 1 saturated heterocycles. The van der Waals surface area contributed by atoms with Gasteiger partial charge in [-0.25, -0.2) is 0 Å². The van der Waals surface area contributed by atoms with E-state index in [0.717, 1.165) is 25.5 Å². The van der Waals surface area contributed by atoms with Crippen molar-refractivity contribution < 1.29 is 22.8 Å². The van der Waals surface area contributed by atoms with Crippen molar-refractivity contribution in [1.82, 2.24) is 0 Å². The van der Waals surface area contributed by atoms with Crippen LogP contribution in [0.25, 0.3) is 0 Å². The number of ether oxygens (including phenoxy) is 2. The molecule has 0 radical (unpaired) electrons. The van der Waals surface area contributed by atoms with Crippen molar-refractivity contribution in [1.29, 1.82) is 0 Å². The fourth-order valence-electron chi connectivity index (χ4n) is 1.71. The van der Waals surface area contributed by atoms with Crippen LogP contribution in [0.4, 0.5) is 0 Å². The van der Waals surface area contributed by atoms with E-state index in [-0.39, 0.29) is 6.10 Å². The van der Waals surface area contributed by atoms with Crippen LogP contribution in [0, 0.1) is 0 Å². The Bertz CT molecular complexity index is 198. The predicted molar refractivity (Wildman–Crippen MR) is 66.0 cm³/mol. The molecule has 1 fully saturated rings. The summed E-state index contributed by atoms with van der Waals surface area (Å²) in [5.74, 6) is 0. The Morgan fingerprint density at radius 2 is 1.82 bits per heavy atom. The highest BCUT2D eigenvalue weighted by Crippen LogP contribution is 2.20. The molecular weight excluding hydrogens is 240 g/mol. The van der Waals surface area contributed by atoms with Crippen LogP contribution in [-0.4, -0.2) is 55.6 Å². The maximum Gasteiger partial charge on any atom is 0.500 e. The summed E-state index contributed by atoms with van der Waals surface area (Å²) in [6.45, 7) is 3.65. The second-order valence-corrected chi connectivity index (χ2v) is 7.24. The van der Waals surface area contributed by atoms with Crippen LogP contribution in [0.3, 0.4) is 0 Å². The fourth-order valence-corrected chi connectivity index (χ4v) is 3.49. The summed E-state index contributed by atoms with van der Waals surface area (Å²) < 4.78 is 27.0. The topological polar surface area (TPSA) is 49.5 Å². The third-order valence-electron chi connectivity index (χ3n) is 3.08. The lowest BCUT2D eigenvalue weighted by molar-refractivity contribution is 0.0328. The quantitative estimate of drug-likeness (QED) is 0.441. The summed E-state index contributed by atoms with van der Waals surface area (Å²) in [6, 6.07) is 0.778. The van der Waals surface area contributed by atoms with E-state index in [9.17, 15) is 0 Å². The molecule has 1 heterocycles. The average Bonchev–Trinajstić information content (AvgIpc) is 3.19. The lowest BCUT2D eigenvalue weighted by Crippen LogP contribution is -2.43. The van der Waals surface area contributed by atoms with E-state index in [1.165, 1.54) is 0 Å². The molecular formula is C11H24O5Si. The Labute approximate surface area is 105 Å². The molecule has 0 aromatic carbocycles. The molecule has 1 aliphatic heterocycles. The molecule has 0 N–H and O–H groups in total. The summed E-state index contributed by atoms with van der Waals surface area (Å²) in [6.07, 6.45) is 2.42. The van der Waals surface area contributed by atoms with Gasteiger partial charge in [-0.05, 0) is 12.8 Å². The molecule has 0 aliphatic carbocycles. The summed E-state index contributed by atoms with van der Waals surface area (Å²) >= 11 is 0. The van der Waals surface area contributed by atoms with Gasteiger partial charge in [0.15, 0.2) is 0 Å². The van der Waals surface area contributed by atoms with Gasteiger partial charge in [-0.15, -0.1) is 0 Å². The van der Waals surface area contributed by atoms with Gasteiger partial charge < -0.3 is 22.8 Å². The zero-order valence-electron chi connectivity index (χ0n) is 11.2. The third-order valence-corrected chi connectivity index (χ3v) is 5.85. The molecule has 1 aliphatic rings. The number of epoxide rings is 1. The molecule has 102 valence electrons. The molecule has 0 bridgehead atoms. The van der Waals surface area contributed by atoms with Crippen LogP contribution >= 0.6 is 0 Å². The molecule has 0 spiro atoms. The minimum atomic E-state index is -2.45. The van der Waals surface area contributed by atoms with Crippen molar-refractivity contribution in [2.45, 2.75) is 38.0 Å². The van der Waals surface area contributed by atoms with E-state index < -0.39 is 8.80 Å². The standard InChI is InChI=1S/C11H24O5Si/c1-5-10(15-8-11-9-16-11)6-7-17(12-2,13-3)14-4/h10-11H,5-9H2,1-4H3. The Morgan fingerprint density at radius 1 is 1.24 bits per heavy atom. The monoisotopic (exact) mass is 264 g/mol. The van der Waals surface area contributed by atoms with Crippen molar-refractivity contribution in [2.24, 2.45) is 0 Å². The second-order valence-electron chi connectivity index (χ2n) is 4.15. The van der Waals surface area contributed by atoms with Crippen LogP contribution in [0.2, 0.25) is 6.04 Å². The van der Waals surface area contributed by atoms with Gasteiger partial charge in [0.25, 0.3) is 0 Å². The molecule has 2 atom stereocenters. The van der Waals surface area contributed by atoms with Crippen molar-refractivity contribution in [2.75, 3.05) is 34.5 Å². The van der Waals surface area contributed by atoms with Gasteiger partial charge in [0.2, 0.25) is 0 Å². The first-order valence-corrected chi connectivity index (χ1v) is 8.01. The largest absolute Gasteiger partial charge is 0.500 e. The van der Waals surface area contributed by atoms with Crippen molar-refractivity contribution in [3.05, 3.63) is 0 Å². The molecule has 0 saturated carbocycles. The Kier molecular flexibility index (Phi) is 6.61. The first-order valence-electron chi connectivity index (χ1n) is 6.08. The SMILES string of the molecule is CCC(CC[Si](OC)(OC)OC)OCC1CO1. The van der Waals surface area contributed by atoms with Crippen LogP contribution < -0.4 is 0 Å². The zero-order valence-corrected chi connectivity index (χ0v) is 12.2. The number of rotatable bonds is 10. The van der Waals surface area contributed by atoms with Gasteiger partial charge in [-0.3, -0.25) is 0 Å². The van der Waals surface area contributed by atoms with E-state index in [1.54, 1.807) is 21.3 Å². The highest BCUT2D eigenvalue weighted by molar-refractivity contribution is 6.60. The smallest absolute Gasteiger partial charge is 0.377 e. The van der Waals surface area contributed by atoms with Crippen molar-refractivity contribution in [3.63, 3.8) is 0 Å². The van der Waals surface area contributed by atoms with Crippen molar-refractivity contribution >= 4 is 8.80 Å². The normalized spacial score (nSPS) is 21.5. The van der Waals surface area contributed by atoms with Crippen LogP contribution in [0.1, 0.15) is 19.8 Å². The van der Waals surface area contributed by atoms with E-state index in [2.05, 4.69) is 6.92 Å². The maximum atomic E-state index is 5.77. The lowest BCUT2D eigenvalue weighted by atomic mass is 10.2. The molecule has 0 aromatic heterocycles. The molecule has 6 heteroatoms. The second kappa shape index (κ2) is 7.45. The maximum absolute atomic E-state index is 5.77. The first-order chi connectivity index (χ1) is 8.19. The van der Waals surface area contributed by atoms with Crippen LogP contribution in [0.5, 0.6) is 0 Å².